The third-order valence-corrected chi connectivity index (χ3v) is 6.74. The van der Waals surface area contributed by atoms with Crippen molar-refractivity contribution in [2.75, 3.05) is 0 Å². The second kappa shape index (κ2) is 5.52. The highest BCUT2D eigenvalue weighted by Gasteiger charge is 2.57. The first-order valence-electron chi connectivity index (χ1n) is 7.60. The summed E-state index contributed by atoms with van der Waals surface area (Å²) in [7, 11) is -3.37. The molecule has 1 saturated carbocycles. The number of sulfone groups is 1. The number of hydrogen-bond acceptors (Lipinski definition) is 3. The van der Waals surface area contributed by atoms with E-state index < -0.39 is 15.1 Å². The summed E-state index contributed by atoms with van der Waals surface area (Å²) in [6.07, 6.45) is 0.974. The lowest BCUT2D eigenvalue weighted by Crippen LogP contribution is -2.15. The molecule has 3 unspecified atom stereocenters. The molecule has 0 saturated heterocycles. The monoisotopic (exact) mass is 315 g/mol. The Bertz CT molecular complexity index is 764. The van der Waals surface area contributed by atoms with Crippen LogP contribution in [-0.4, -0.2) is 19.7 Å². The molecule has 0 amide bonds. The lowest BCUT2D eigenvalue weighted by molar-refractivity contribution is 0.593. The van der Waals surface area contributed by atoms with Gasteiger partial charge in [-0.05, 0) is 36.6 Å². The van der Waals surface area contributed by atoms with E-state index in [0.717, 1.165) is 17.5 Å². The van der Waals surface area contributed by atoms with Crippen LogP contribution >= 0.6 is 0 Å². The van der Waals surface area contributed by atoms with Crippen LogP contribution in [0.1, 0.15) is 29.5 Å². The minimum Gasteiger partial charge on any atom is -0.326 e. The van der Waals surface area contributed by atoms with Crippen molar-refractivity contribution >= 4 is 9.84 Å². The second-order valence-electron chi connectivity index (χ2n) is 6.02. The Morgan fingerprint density at radius 3 is 2.14 bits per heavy atom. The number of rotatable bonds is 4. The summed E-state index contributed by atoms with van der Waals surface area (Å²) in [6, 6.07) is 14.8. The highest BCUT2D eigenvalue weighted by molar-refractivity contribution is 7.92. The van der Waals surface area contributed by atoms with Gasteiger partial charge in [0.2, 0.25) is 0 Å². The van der Waals surface area contributed by atoms with Crippen LogP contribution in [0.3, 0.4) is 0 Å². The van der Waals surface area contributed by atoms with Gasteiger partial charge in [0.15, 0.2) is 9.84 Å². The number of nitrogens with two attached hydrogens (primary N) is 1. The maximum atomic E-state index is 12.7. The molecule has 22 heavy (non-hydrogen) atoms. The summed E-state index contributed by atoms with van der Waals surface area (Å²) >= 11 is 0. The van der Waals surface area contributed by atoms with Crippen molar-refractivity contribution in [1.82, 2.24) is 0 Å². The van der Waals surface area contributed by atoms with Gasteiger partial charge < -0.3 is 5.73 Å². The van der Waals surface area contributed by atoms with Crippen molar-refractivity contribution in [2.24, 2.45) is 5.73 Å². The normalized spacial score (nSPS) is 24.2. The SMILES string of the molecule is CCc1ccc(C2C(N)C2S(=O)(=O)c2ccc(C)cc2)cc1. The van der Waals surface area contributed by atoms with Crippen molar-refractivity contribution < 1.29 is 8.42 Å². The van der Waals surface area contributed by atoms with Crippen LogP contribution < -0.4 is 5.73 Å². The summed E-state index contributed by atoms with van der Waals surface area (Å²) in [4.78, 5) is 0.367. The van der Waals surface area contributed by atoms with E-state index in [-0.39, 0.29) is 12.0 Å². The molecule has 1 aliphatic carbocycles. The van der Waals surface area contributed by atoms with E-state index in [0.29, 0.717) is 4.90 Å². The summed E-state index contributed by atoms with van der Waals surface area (Å²) < 4.78 is 25.5. The molecule has 0 aliphatic heterocycles. The predicted molar refractivity (Wildman–Crippen MR) is 88.7 cm³/mol. The second-order valence-corrected chi connectivity index (χ2v) is 8.13. The number of benzene rings is 2. The summed E-state index contributed by atoms with van der Waals surface area (Å²) in [5, 5.41) is -0.511. The lowest BCUT2D eigenvalue weighted by Gasteiger charge is -2.05. The summed E-state index contributed by atoms with van der Waals surface area (Å²) in [5.41, 5.74) is 9.40. The fourth-order valence-electron chi connectivity index (χ4n) is 2.98. The zero-order chi connectivity index (χ0) is 15.9. The van der Waals surface area contributed by atoms with Gasteiger partial charge in [0.05, 0.1) is 10.1 Å². The van der Waals surface area contributed by atoms with Gasteiger partial charge in [-0.1, -0.05) is 48.9 Å². The van der Waals surface area contributed by atoms with Crippen molar-refractivity contribution in [3.8, 4) is 0 Å². The van der Waals surface area contributed by atoms with E-state index in [2.05, 4.69) is 19.1 Å². The third kappa shape index (κ3) is 2.57. The maximum Gasteiger partial charge on any atom is 0.183 e. The van der Waals surface area contributed by atoms with Gasteiger partial charge in [-0.2, -0.15) is 0 Å². The van der Waals surface area contributed by atoms with E-state index in [1.54, 1.807) is 12.1 Å². The van der Waals surface area contributed by atoms with E-state index in [1.165, 1.54) is 5.56 Å². The number of hydrogen-bond donors (Lipinski definition) is 1. The van der Waals surface area contributed by atoms with Crippen molar-refractivity contribution in [2.45, 2.75) is 42.4 Å². The molecule has 2 aromatic rings. The van der Waals surface area contributed by atoms with E-state index in [9.17, 15) is 8.42 Å². The highest BCUT2D eigenvalue weighted by Crippen LogP contribution is 2.47. The Labute approximate surface area is 132 Å². The largest absolute Gasteiger partial charge is 0.326 e. The smallest absolute Gasteiger partial charge is 0.183 e. The molecule has 0 heterocycles. The zero-order valence-corrected chi connectivity index (χ0v) is 13.7. The van der Waals surface area contributed by atoms with Crippen LogP contribution in [-0.2, 0) is 16.3 Å². The average Bonchev–Trinajstić information content (AvgIpc) is 3.20. The van der Waals surface area contributed by atoms with Crippen LogP contribution in [0, 0.1) is 6.92 Å². The Hall–Kier alpha value is -1.65. The van der Waals surface area contributed by atoms with Crippen molar-refractivity contribution in [3.05, 3.63) is 65.2 Å². The third-order valence-electron chi connectivity index (χ3n) is 4.49. The van der Waals surface area contributed by atoms with Gasteiger partial charge in [0.1, 0.15) is 0 Å². The molecular weight excluding hydrogens is 294 g/mol. The molecule has 0 spiro atoms. The molecular formula is C18H21NO2S. The maximum absolute atomic E-state index is 12.7. The van der Waals surface area contributed by atoms with Crippen LogP contribution in [0.5, 0.6) is 0 Å². The molecule has 116 valence electrons. The van der Waals surface area contributed by atoms with Crippen LogP contribution in [0.4, 0.5) is 0 Å². The molecule has 2 aromatic carbocycles. The van der Waals surface area contributed by atoms with Crippen molar-refractivity contribution in [3.63, 3.8) is 0 Å². The molecule has 0 radical (unpaired) electrons. The molecule has 0 bridgehead atoms. The molecule has 4 heteroatoms. The fraction of sp³-hybridized carbons (Fsp3) is 0.333. The molecule has 3 nitrogen and oxygen atoms in total. The van der Waals surface area contributed by atoms with Gasteiger partial charge in [-0.15, -0.1) is 0 Å². The Balaban J connectivity index is 1.87. The molecule has 3 rings (SSSR count). The predicted octanol–water partition coefficient (Wildman–Crippen LogP) is 2.82. The summed E-state index contributed by atoms with van der Waals surface area (Å²) in [5.74, 6) is -0.0998. The van der Waals surface area contributed by atoms with E-state index in [1.807, 2.05) is 31.2 Å². The zero-order valence-electron chi connectivity index (χ0n) is 12.9. The first-order chi connectivity index (χ1) is 10.4. The number of aryl methyl sites for hydroxylation is 2. The van der Waals surface area contributed by atoms with Gasteiger partial charge in [-0.25, -0.2) is 8.42 Å². The first-order valence-corrected chi connectivity index (χ1v) is 9.14. The molecule has 0 aromatic heterocycles. The first kappa shape index (κ1) is 15.3. The minimum atomic E-state index is -3.37. The molecule has 3 atom stereocenters. The Kier molecular flexibility index (Phi) is 3.83. The van der Waals surface area contributed by atoms with E-state index >= 15 is 0 Å². The van der Waals surface area contributed by atoms with E-state index in [4.69, 9.17) is 5.73 Å². The van der Waals surface area contributed by atoms with Crippen LogP contribution in [0.15, 0.2) is 53.4 Å². The highest BCUT2D eigenvalue weighted by atomic mass is 32.2. The minimum absolute atomic E-state index is 0.0998. The average molecular weight is 315 g/mol. The standard InChI is InChI=1S/C18H21NO2S/c1-3-13-6-8-14(9-7-13)16-17(19)18(16)22(20,21)15-10-4-12(2)5-11-15/h4-11,16-18H,3,19H2,1-2H3. The molecule has 1 aliphatic rings. The van der Waals surface area contributed by atoms with Crippen molar-refractivity contribution in [1.29, 1.82) is 0 Å². The molecule has 2 N–H and O–H groups in total. The lowest BCUT2D eigenvalue weighted by atomic mass is 10.1. The van der Waals surface area contributed by atoms with Gasteiger partial charge in [0.25, 0.3) is 0 Å². The summed E-state index contributed by atoms with van der Waals surface area (Å²) in [6.45, 7) is 4.04. The van der Waals surface area contributed by atoms with Crippen LogP contribution in [0.25, 0.3) is 0 Å². The van der Waals surface area contributed by atoms with Gasteiger partial charge in [0, 0.05) is 12.0 Å². The Morgan fingerprint density at radius 1 is 1.00 bits per heavy atom. The molecule has 1 fully saturated rings. The quantitative estimate of drug-likeness (QED) is 0.944. The fourth-order valence-corrected chi connectivity index (χ4v) is 5.02. The Morgan fingerprint density at radius 2 is 1.59 bits per heavy atom. The van der Waals surface area contributed by atoms with Gasteiger partial charge in [-0.3, -0.25) is 0 Å². The van der Waals surface area contributed by atoms with Crippen LogP contribution in [0.2, 0.25) is 0 Å². The van der Waals surface area contributed by atoms with Gasteiger partial charge >= 0.3 is 0 Å². The topological polar surface area (TPSA) is 60.2 Å².